The Bertz CT molecular complexity index is 796. The normalized spacial score (nSPS) is 11.0. The maximum atomic E-state index is 13.9. The second-order valence-electron chi connectivity index (χ2n) is 5.16. The molecule has 0 unspecified atom stereocenters. The van der Waals surface area contributed by atoms with Crippen molar-refractivity contribution in [3.05, 3.63) is 47.9 Å². The molecule has 0 aliphatic rings. The third-order valence-electron chi connectivity index (χ3n) is 3.62. The highest BCUT2D eigenvalue weighted by atomic mass is 19.1. The van der Waals surface area contributed by atoms with Crippen molar-refractivity contribution in [2.75, 3.05) is 11.9 Å². The van der Waals surface area contributed by atoms with Gasteiger partial charge in [0.2, 0.25) is 0 Å². The average Bonchev–Trinajstić information content (AvgIpc) is 2.96. The van der Waals surface area contributed by atoms with Gasteiger partial charge in [-0.3, -0.25) is 0 Å². The molecule has 0 fully saturated rings. The van der Waals surface area contributed by atoms with Crippen LogP contribution >= 0.6 is 0 Å². The van der Waals surface area contributed by atoms with Crippen LogP contribution in [0.3, 0.4) is 0 Å². The van der Waals surface area contributed by atoms with Gasteiger partial charge in [-0.05, 0) is 26.0 Å². The molecular weight excluding hydrogens is 281 g/mol. The van der Waals surface area contributed by atoms with Crippen molar-refractivity contribution in [1.29, 1.82) is 0 Å². The van der Waals surface area contributed by atoms with Crippen LogP contribution in [0.5, 0.6) is 0 Å². The highest BCUT2D eigenvalue weighted by Gasteiger charge is 2.08. The van der Waals surface area contributed by atoms with E-state index < -0.39 is 0 Å². The Labute approximate surface area is 128 Å². The number of aryl methyl sites for hydroxylation is 2. The van der Waals surface area contributed by atoms with Crippen molar-refractivity contribution in [3.8, 4) is 0 Å². The van der Waals surface area contributed by atoms with Crippen molar-refractivity contribution in [2.24, 2.45) is 0 Å². The van der Waals surface area contributed by atoms with E-state index in [0.717, 1.165) is 35.6 Å². The van der Waals surface area contributed by atoms with Crippen LogP contribution < -0.4 is 5.32 Å². The van der Waals surface area contributed by atoms with Gasteiger partial charge < -0.3 is 9.88 Å². The highest BCUT2D eigenvalue weighted by Crippen LogP contribution is 2.24. The van der Waals surface area contributed by atoms with Crippen molar-refractivity contribution in [1.82, 2.24) is 19.7 Å². The molecule has 0 aliphatic heterocycles. The quantitative estimate of drug-likeness (QED) is 0.787. The Kier molecular flexibility index (Phi) is 4.00. The molecular formula is C16H18FN5. The molecule has 1 N–H and O–H groups in total. The van der Waals surface area contributed by atoms with E-state index in [2.05, 4.69) is 27.4 Å². The number of hydrogen-bond donors (Lipinski definition) is 1. The van der Waals surface area contributed by atoms with Crippen LogP contribution in [0.15, 0.2) is 30.6 Å². The van der Waals surface area contributed by atoms with Gasteiger partial charge in [-0.1, -0.05) is 12.1 Å². The molecule has 0 aliphatic carbocycles. The van der Waals surface area contributed by atoms with Gasteiger partial charge in [0.1, 0.15) is 23.5 Å². The Morgan fingerprint density at radius 2 is 2.18 bits per heavy atom. The molecule has 1 aromatic carbocycles. The lowest BCUT2D eigenvalue weighted by Gasteiger charge is -2.11. The molecule has 0 saturated carbocycles. The largest absolute Gasteiger partial charge is 0.384 e. The molecule has 0 spiro atoms. The number of anilines is 1. The molecule has 2 heterocycles. The minimum absolute atomic E-state index is 0.296. The molecule has 0 amide bonds. The van der Waals surface area contributed by atoms with Crippen molar-refractivity contribution in [2.45, 2.75) is 26.8 Å². The van der Waals surface area contributed by atoms with Gasteiger partial charge in [0.25, 0.3) is 0 Å². The molecule has 0 bridgehead atoms. The number of fused-ring (bicyclic) bond motifs is 1. The van der Waals surface area contributed by atoms with E-state index in [1.807, 2.05) is 23.6 Å². The van der Waals surface area contributed by atoms with Gasteiger partial charge in [0.15, 0.2) is 0 Å². The predicted octanol–water partition coefficient (Wildman–Crippen LogP) is 2.95. The first-order valence-corrected chi connectivity index (χ1v) is 7.35. The fraction of sp³-hybridized carbons (Fsp3) is 0.312. The topological polar surface area (TPSA) is 55.6 Å². The summed E-state index contributed by atoms with van der Waals surface area (Å²) in [6.45, 7) is 5.48. The number of nitrogens with one attached hydrogen (secondary N) is 1. The number of para-hydroxylation sites is 1. The lowest BCUT2D eigenvalue weighted by atomic mass is 10.1. The second-order valence-corrected chi connectivity index (χ2v) is 5.16. The summed E-state index contributed by atoms with van der Waals surface area (Å²) in [5.74, 6) is 0.645. The number of aromatic nitrogens is 4. The molecule has 0 saturated heterocycles. The first-order valence-electron chi connectivity index (χ1n) is 7.35. The summed E-state index contributed by atoms with van der Waals surface area (Å²) < 4.78 is 15.9. The van der Waals surface area contributed by atoms with E-state index in [9.17, 15) is 4.39 Å². The number of halogens is 1. The van der Waals surface area contributed by atoms with Crippen molar-refractivity contribution < 1.29 is 4.39 Å². The minimum atomic E-state index is -0.296. The maximum absolute atomic E-state index is 13.9. The van der Waals surface area contributed by atoms with Gasteiger partial charge in [-0.15, -0.1) is 10.2 Å². The Balaban J connectivity index is 1.81. The Hall–Kier alpha value is -2.50. The Morgan fingerprint density at radius 3 is 3.00 bits per heavy atom. The molecule has 0 atom stereocenters. The van der Waals surface area contributed by atoms with Gasteiger partial charge >= 0.3 is 0 Å². The maximum Gasteiger partial charge on any atom is 0.149 e. The van der Waals surface area contributed by atoms with E-state index in [1.54, 1.807) is 12.4 Å². The molecule has 0 radical (unpaired) electrons. The molecule has 3 rings (SSSR count). The van der Waals surface area contributed by atoms with E-state index in [-0.39, 0.29) is 5.82 Å². The number of hydrogen-bond acceptors (Lipinski definition) is 4. The lowest BCUT2D eigenvalue weighted by Crippen LogP contribution is -2.10. The summed E-state index contributed by atoms with van der Waals surface area (Å²) >= 11 is 0. The van der Waals surface area contributed by atoms with Crippen molar-refractivity contribution in [3.63, 3.8) is 0 Å². The zero-order chi connectivity index (χ0) is 15.5. The summed E-state index contributed by atoms with van der Waals surface area (Å²) in [4.78, 5) is 4.28. The minimum Gasteiger partial charge on any atom is -0.384 e. The zero-order valence-corrected chi connectivity index (χ0v) is 12.7. The second kappa shape index (κ2) is 6.09. The Morgan fingerprint density at radius 1 is 1.32 bits per heavy atom. The third kappa shape index (κ3) is 2.77. The van der Waals surface area contributed by atoms with E-state index in [4.69, 9.17) is 0 Å². The zero-order valence-electron chi connectivity index (χ0n) is 12.7. The monoisotopic (exact) mass is 299 g/mol. The van der Waals surface area contributed by atoms with E-state index in [0.29, 0.717) is 12.1 Å². The molecule has 3 aromatic rings. The van der Waals surface area contributed by atoms with E-state index in [1.165, 1.54) is 6.07 Å². The summed E-state index contributed by atoms with van der Waals surface area (Å²) in [5.41, 5.74) is 2.09. The van der Waals surface area contributed by atoms with Gasteiger partial charge in [0.05, 0.1) is 0 Å². The predicted molar refractivity (Wildman–Crippen MR) is 84.3 cm³/mol. The van der Waals surface area contributed by atoms with Gasteiger partial charge in [0, 0.05) is 36.3 Å². The SMILES string of the molecule is CCn1cnnc1CCNc1cc(C)nc2c(F)cccc12. The summed E-state index contributed by atoms with van der Waals surface area (Å²) in [5, 5.41) is 12.2. The van der Waals surface area contributed by atoms with Crippen LogP contribution in [-0.4, -0.2) is 26.3 Å². The average molecular weight is 299 g/mol. The van der Waals surface area contributed by atoms with Crippen LogP contribution in [0.2, 0.25) is 0 Å². The summed E-state index contributed by atoms with van der Waals surface area (Å²) in [7, 11) is 0. The molecule has 2 aromatic heterocycles. The third-order valence-corrected chi connectivity index (χ3v) is 3.62. The summed E-state index contributed by atoms with van der Waals surface area (Å²) in [6.07, 6.45) is 2.49. The van der Waals surface area contributed by atoms with Crippen molar-refractivity contribution >= 4 is 16.6 Å². The molecule has 5 nitrogen and oxygen atoms in total. The molecule has 22 heavy (non-hydrogen) atoms. The highest BCUT2D eigenvalue weighted by molar-refractivity contribution is 5.91. The van der Waals surface area contributed by atoms with Crippen LogP contribution in [0.1, 0.15) is 18.4 Å². The van der Waals surface area contributed by atoms with E-state index >= 15 is 0 Å². The molecule has 6 heteroatoms. The van der Waals surface area contributed by atoms with Crippen LogP contribution in [0, 0.1) is 12.7 Å². The van der Waals surface area contributed by atoms with Gasteiger partial charge in [-0.25, -0.2) is 9.37 Å². The first-order chi connectivity index (χ1) is 10.7. The fourth-order valence-corrected chi connectivity index (χ4v) is 2.53. The first kappa shape index (κ1) is 14.4. The smallest absolute Gasteiger partial charge is 0.149 e. The number of nitrogens with zero attached hydrogens (tertiary/aromatic N) is 4. The number of pyridine rings is 1. The fourth-order valence-electron chi connectivity index (χ4n) is 2.53. The number of benzene rings is 1. The number of rotatable bonds is 5. The standard InChI is InChI=1S/C16H18FN5/c1-3-22-10-19-21-15(22)7-8-18-14-9-11(2)20-16-12(14)5-4-6-13(16)17/h4-6,9-10H,3,7-8H2,1-2H3,(H,18,20). The van der Waals surface area contributed by atoms with Crippen LogP contribution in [-0.2, 0) is 13.0 Å². The van der Waals surface area contributed by atoms with Crippen LogP contribution in [0.25, 0.3) is 10.9 Å². The van der Waals surface area contributed by atoms with Gasteiger partial charge in [-0.2, -0.15) is 0 Å². The van der Waals surface area contributed by atoms with Crippen LogP contribution in [0.4, 0.5) is 10.1 Å². The molecule has 114 valence electrons. The lowest BCUT2D eigenvalue weighted by molar-refractivity contribution is 0.636. The summed E-state index contributed by atoms with van der Waals surface area (Å²) in [6, 6.07) is 6.95.